The van der Waals surface area contributed by atoms with E-state index in [2.05, 4.69) is 28.3 Å². The highest BCUT2D eigenvalue weighted by molar-refractivity contribution is 6.06. The molecule has 0 atom stereocenters. The van der Waals surface area contributed by atoms with Crippen LogP contribution < -0.4 is 10.2 Å². The SMILES string of the molecule is CCCCNc1nc(C)cc(C(=O)N2CCc3ccccc32)n1. The lowest BCUT2D eigenvalue weighted by Gasteiger charge is -2.17. The van der Waals surface area contributed by atoms with Crippen molar-refractivity contribution in [3.63, 3.8) is 0 Å². The number of aromatic nitrogens is 2. The van der Waals surface area contributed by atoms with E-state index >= 15 is 0 Å². The molecule has 3 rings (SSSR count). The summed E-state index contributed by atoms with van der Waals surface area (Å²) >= 11 is 0. The predicted octanol–water partition coefficient (Wildman–Crippen LogP) is 3.20. The highest BCUT2D eigenvalue weighted by atomic mass is 16.2. The molecule has 1 aliphatic heterocycles. The summed E-state index contributed by atoms with van der Waals surface area (Å²) in [5.41, 5.74) is 3.46. The maximum Gasteiger partial charge on any atom is 0.277 e. The van der Waals surface area contributed by atoms with Crippen molar-refractivity contribution in [2.45, 2.75) is 33.1 Å². The van der Waals surface area contributed by atoms with Gasteiger partial charge in [-0.1, -0.05) is 31.5 Å². The largest absolute Gasteiger partial charge is 0.354 e. The standard InChI is InChI=1S/C18H22N4O/c1-3-4-10-19-18-20-13(2)12-15(21-18)17(23)22-11-9-14-7-5-6-8-16(14)22/h5-8,12H,3-4,9-11H2,1-2H3,(H,19,20,21). The molecule has 0 aliphatic carbocycles. The summed E-state index contributed by atoms with van der Waals surface area (Å²) in [6, 6.07) is 9.80. The molecular formula is C18H22N4O. The van der Waals surface area contributed by atoms with Gasteiger partial charge in [-0.05, 0) is 37.5 Å². The minimum atomic E-state index is -0.0565. The van der Waals surface area contributed by atoms with Crippen LogP contribution in [0.1, 0.15) is 41.5 Å². The van der Waals surface area contributed by atoms with E-state index in [1.54, 1.807) is 6.07 Å². The average molecular weight is 310 g/mol. The Morgan fingerprint density at radius 1 is 1.30 bits per heavy atom. The maximum atomic E-state index is 12.9. The van der Waals surface area contributed by atoms with E-state index in [-0.39, 0.29) is 5.91 Å². The molecule has 0 unspecified atom stereocenters. The van der Waals surface area contributed by atoms with E-state index in [4.69, 9.17) is 0 Å². The summed E-state index contributed by atoms with van der Waals surface area (Å²) in [6.45, 7) is 5.56. The first-order chi connectivity index (χ1) is 11.2. The number of anilines is 2. The molecule has 2 aromatic rings. The second-order valence-electron chi connectivity index (χ2n) is 5.83. The van der Waals surface area contributed by atoms with Gasteiger partial charge in [0.1, 0.15) is 5.69 Å². The van der Waals surface area contributed by atoms with Crippen molar-refractivity contribution < 1.29 is 4.79 Å². The van der Waals surface area contributed by atoms with Gasteiger partial charge < -0.3 is 10.2 Å². The third-order valence-electron chi connectivity index (χ3n) is 4.02. The Hall–Kier alpha value is -2.43. The summed E-state index contributed by atoms with van der Waals surface area (Å²) < 4.78 is 0. The topological polar surface area (TPSA) is 58.1 Å². The third-order valence-corrected chi connectivity index (χ3v) is 4.02. The Bertz CT molecular complexity index is 714. The number of carbonyl (C=O) groups excluding carboxylic acids is 1. The fourth-order valence-corrected chi connectivity index (χ4v) is 2.82. The first kappa shape index (κ1) is 15.5. The number of nitrogens with one attached hydrogen (secondary N) is 1. The molecule has 0 spiro atoms. The smallest absolute Gasteiger partial charge is 0.277 e. The van der Waals surface area contributed by atoms with Gasteiger partial charge in [-0.25, -0.2) is 9.97 Å². The fraction of sp³-hybridized carbons (Fsp3) is 0.389. The van der Waals surface area contributed by atoms with E-state index in [1.165, 1.54) is 5.56 Å². The van der Waals surface area contributed by atoms with Crippen LogP contribution in [0.15, 0.2) is 30.3 Å². The molecule has 0 saturated carbocycles. The summed E-state index contributed by atoms with van der Waals surface area (Å²) in [6.07, 6.45) is 3.06. The number of unbranched alkanes of at least 4 members (excludes halogenated alkanes) is 1. The van der Waals surface area contributed by atoms with Crippen LogP contribution in [0.25, 0.3) is 0 Å². The molecule has 0 saturated heterocycles. The van der Waals surface area contributed by atoms with Gasteiger partial charge in [-0.3, -0.25) is 4.79 Å². The Balaban J connectivity index is 1.83. The number of carbonyl (C=O) groups is 1. The van der Waals surface area contributed by atoms with Crippen LogP contribution in [0.2, 0.25) is 0 Å². The number of nitrogens with zero attached hydrogens (tertiary/aromatic N) is 3. The number of fused-ring (bicyclic) bond motifs is 1. The molecule has 5 heteroatoms. The molecule has 120 valence electrons. The van der Waals surface area contributed by atoms with Crippen molar-refractivity contribution >= 4 is 17.5 Å². The van der Waals surface area contributed by atoms with Gasteiger partial charge in [0.05, 0.1) is 0 Å². The Kier molecular flexibility index (Phi) is 4.55. The summed E-state index contributed by atoms with van der Waals surface area (Å²) in [4.78, 5) is 23.4. The molecule has 0 fully saturated rings. The molecule has 1 aromatic carbocycles. The van der Waals surface area contributed by atoms with Gasteiger partial charge in [0.2, 0.25) is 5.95 Å². The average Bonchev–Trinajstić information content (AvgIpc) is 2.98. The Labute approximate surface area is 136 Å². The zero-order valence-electron chi connectivity index (χ0n) is 13.7. The van der Waals surface area contributed by atoms with E-state index in [0.717, 1.165) is 37.2 Å². The normalized spacial score (nSPS) is 13.0. The van der Waals surface area contributed by atoms with Gasteiger partial charge in [0.15, 0.2) is 0 Å². The van der Waals surface area contributed by atoms with Crippen LogP contribution in [0.4, 0.5) is 11.6 Å². The first-order valence-electron chi connectivity index (χ1n) is 8.18. The fourth-order valence-electron chi connectivity index (χ4n) is 2.82. The number of hydrogen-bond acceptors (Lipinski definition) is 4. The monoisotopic (exact) mass is 310 g/mol. The highest BCUT2D eigenvalue weighted by Crippen LogP contribution is 2.28. The number of amides is 1. The van der Waals surface area contributed by atoms with Gasteiger partial charge in [0.25, 0.3) is 5.91 Å². The van der Waals surface area contributed by atoms with Gasteiger partial charge in [-0.15, -0.1) is 0 Å². The predicted molar refractivity (Wildman–Crippen MR) is 92.0 cm³/mol. The van der Waals surface area contributed by atoms with Gasteiger partial charge >= 0.3 is 0 Å². The lowest BCUT2D eigenvalue weighted by atomic mass is 10.2. The van der Waals surface area contributed by atoms with E-state index in [1.807, 2.05) is 30.0 Å². The second kappa shape index (κ2) is 6.77. The number of aryl methyl sites for hydroxylation is 1. The van der Waals surface area contributed by atoms with E-state index in [0.29, 0.717) is 18.2 Å². The quantitative estimate of drug-likeness (QED) is 0.862. The molecular weight excluding hydrogens is 288 g/mol. The van der Waals surface area contributed by atoms with Crippen molar-refractivity contribution in [1.82, 2.24) is 9.97 Å². The van der Waals surface area contributed by atoms with E-state index < -0.39 is 0 Å². The highest BCUT2D eigenvalue weighted by Gasteiger charge is 2.26. The molecule has 0 bridgehead atoms. The first-order valence-corrected chi connectivity index (χ1v) is 8.18. The van der Waals surface area contributed by atoms with Crippen molar-refractivity contribution in [3.05, 3.63) is 47.3 Å². The third kappa shape index (κ3) is 3.33. The van der Waals surface area contributed by atoms with Gasteiger partial charge in [0, 0.05) is 24.5 Å². The number of rotatable bonds is 5. The van der Waals surface area contributed by atoms with Crippen molar-refractivity contribution in [2.24, 2.45) is 0 Å². The minimum absolute atomic E-state index is 0.0565. The Morgan fingerprint density at radius 3 is 2.96 bits per heavy atom. The number of hydrogen-bond donors (Lipinski definition) is 1. The Morgan fingerprint density at radius 2 is 2.13 bits per heavy atom. The van der Waals surface area contributed by atoms with Crippen molar-refractivity contribution in [3.8, 4) is 0 Å². The lowest BCUT2D eigenvalue weighted by Crippen LogP contribution is -2.30. The maximum absolute atomic E-state index is 12.9. The molecule has 1 aliphatic rings. The summed E-state index contributed by atoms with van der Waals surface area (Å²) in [7, 11) is 0. The summed E-state index contributed by atoms with van der Waals surface area (Å²) in [5, 5.41) is 3.20. The van der Waals surface area contributed by atoms with Crippen LogP contribution in [-0.4, -0.2) is 29.0 Å². The van der Waals surface area contributed by atoms with Gasteiger partial charge in [-0.2, -0.15) is 0 Å². The molecule has 1 N–H and O–H groups in total. The van der Waals surface area contributed by atoms with Crippen LogP contribution in [0.5, 0.6) is 0 Å². The minimum Gasteiger partial charge on any atom is -0.354 e. The van der Waals surface area contributed by atoms with Crippen LogP contribution >= 0.6 is 0 Å². The van der Waals surface area contributed by atoms with Crippen molar-refractivity contribution in [1.29, 1.82) is 0 Å². The summed E-state index contributed by atoms with van der Waals surface area (Å²) in [5.74, 6) is 0.480. The lowest BCUT2D eigenvalue weighted by molar-refractivity contribution is 0.0984. The molecule has 2 heterocycles. The second-order valence-corrected chi connectivity index (χ2v) is 5.83. The van der Waals surface area contributed by atoms with Crippen molar-refractivity contribution in [2.75, 3.05) is 23.3 Å². The number of para-hydroxylation sites is 1. The molecule has 1 amide bonds. The zero-order chi connectivity index (χ0) is 16.2. The zero-order valence-corrected chi connectivity index (χ0v) is 13.7. The molecule has 5 nitrogen and oxygen atoms in total. The molecule has 23 heavy (non-hydrogen) atoms. The van der Waals surface area contributed by atoms with Crippen LogP contribution in [0.3, 0.4) is 0 Å². The number of benzene rings is 1. The van der Waals surface area contributed by atoms with Crippen LogP contribution in [-0.2, 0) is 6.42 Å². The molecule has 0 radical (unpaired) electrons. The molecule has 1 aromatic heterocycles. The van der Waals surface area contributed by atoms with E-state index in [9.17, 15) is 4.79 Å². The van der Waals surface area contributed by atoms with Crippen LogP contribution in [0, 0.1) is 6.92 Å².